The van der Waals surface area contributed by atoms with E-state index in [0.29, 0.717) is 5.69 Å². The monoisotopic (exact) mass is 474 g/mol. The molecule has 0 saturated carbocycles. The molecule has 1 aliphatic heterocycles. The minimum atomic E-state index is -3.59. The summed E-state index contributed by atoms with van der Waals surface area (Å²) in [6, 6.07) is 3.99. The molecule has 3 N–H and O–H groups in total. The van der Waals surface area contributed by atoms with Gasteiger partial charge in [-0.1, -0.05) is 5.16 Å². The third-order valence-corrected chi connectivity index (χ3v) is 4.95. The van der Waals surface area contributed by atoms with E-state index in [-0.39, 0.29) is 46.4 Å². The van der Waals surface area contributed by atoms with Gasteiger partial charge in [-0.05, 0) is 50.9 Å². The lowest BCUT2D eigenvalue weighted by atomic mass is 10.2. The summed E-state index contributed by atoms with van der Waals surface area (Å²) in [7, 11) is -3.59. The first-order valence-electron chi connectivity index (χ1n) is 7.62. The van der Waals surface area contributed by atoms with E-state index < -0.39 is 15.8 Å². The maximum absolute atomic E-state index is 13.5. The van der Waals surface area contributed by atoms with Gasteiger partial charge in [0.15, 0.2) is 11.6 Å². The van der Waals surface area contributed by atoms with Crippen molar-refractivity contribution in [1.82, 2.24) is 10.3 Å². The van der Waals surface area contributed by atoms with Crippen LogP contribution in [0.15, 0.2) is 38.3 Å². The lowest BCUT2D eigenvalue weighted by molar-refractivity contribution is 0.248. The molecule has 0 atom stereocenters. The molecule has 0 amide bonds. The highest BCUT2D eigenvalue weighted by molar-refractivity contribution is 9.10. The molecule has 148 valence electrons. The average Bonchev–Trinajstić information content (AvgIpc) is 3.26. The second kappa shape index (κ2) is 8.06. The summed E-state index contributed by atoms with van der Waals surface area (Å²) in [5.74, 6) is 0.743. The predicted octanol–water partition coefficient (Wildman–Crippen LogP) is 0.933. The molecule has 0 radical (unpaired) electrons. The number of hydrogen-bond donors (Lipinski definition) is 2. The molecule has 3 rings (SSSR count). The number of aromatic nitrogens is 2. The largest absolute Gasteiger partial charge is 0.365 e. The van der Waals surface area contributed by atoms with Gasteiger partial charge in [-0.15, -0.1) is 0 Å². The van der Waals surface area contributed by atoms with Crippen molar-refractivity contribution in [3.8, 4) is 0 Å². The number of hydrogen-bond acceptors (Lipinski definition) is 10. The van der Waals surface area contributed by atoms with Crippen LogP contribution in [0.4, 0.5) is 15.9 Å². The first-order valence-corrected chi connectivity index (χ1v) is 10.1. The number of carbonyl (C=O) groups excluding carboxylic acids is 1. The molecule has 0 fully saturated rings. The zero-order chi connectivity index (χ0) is 20.3. The highest BCUT2D eigenvalue weighted by Crippen LogP contribution is 2.31. The SMILES string of the molecule is NS(=O)(=O)CCCNc1nonc1C1=NOC(=C=O)N1c1ccc(F)c(Br)c1. The summed E-state index contributed by atoms with van der Waals surface area (Å²) in [6.45, 7) is 0.199. The van der Waals surface area contributed by atoms with Gasteiger partial charge >= 0.3 is 5.88 Å². The average molecular weight is 475 g/mol. The van der Waals surface area contributed by atoms with E-state index in [1.165, 1.54) is 23.1 Å². The molecule has 2 aromatic rings. The normalized spacial score (nSPS) is 13.9. The van der Waals surface area contributed by atoms with Crippen LogP contribution in [0.1, 0.15) is 12.1 Å². The fourth-order valence-electron chi connectivity index (χ4n) is 2.27. The molecule has 0 saturated heterocycles. The van der Waals surface area contributed by atoms with Gasteiger partial charge in [-0.3, -0.25) is 0 Å². The fraction of sp³-hybridized carbons (Fsp3) is 0.214. The number of amidine groups is 1. The Labute approximate surface area is 166 Å². The van der Waals surface area contributed by atoms with E-state index in [4.69, 9.17) is 14.6 Å². The van der Waals surface area contributed by atoms with Crippen LogP contribution in [0.5, 0.6) is 0 Å². The molecule has 0 bridgehead atoms. The van der Waals surface area contributed by atoms with E-state index >= 15 is 0 Å². The molecule has 11 nitrogen and oxygen atoms in total. The molecule has 28 heavy (non-hydrogen) atoms. The minimum Gasteiger partial charge on any atom is -0.365 e. The van der Waals surface area contributed by atoms with Gasteiger partial charge in [0.2, 0.25) is 21.7 Å². The number of nitrogens with two attached hydrogens (primary N) is 1. The summed E-state index contributed by atoms with van der Waals surface area (Å²) < 4.78 is 40.4. The Hall–Kier alpha value is -2.80. The molecule has 1 aromatic carbocycles. The summed E-state index contributed by atoms with van der Waals surface area (Å²) in [5.41, 5.74) is 0.423. The third kappa shape index (κ3) is 4.36. The van der Waals surface area contributed by atoms with Gasteiger partial charge in [0.05, 0.1) is 15.9 Å². The molecule has 0 aliphatic carbocycles. The summed E-state index contributed by atoms with van der Waals surface area (Å²) in [4.78, 5) is 17.4. The van der Waals surface area contributed by atoms with Crippen molar-refractivity contribution in [3.05, 3.63) is 40.1 Å². The number of anilines is 2. The van der Waals surface area contributed by atoms with Gasteiger partial charge in [0.1, 0.15) is 5.82 Å². The van der Waals surface area contributed by atoms with Gasteiger partial charge in [0, 0.05) is 6.54 Å². The molecule has 1 aliphatic rings. The quantitative estimate of drug-likeness (QED) is 0.440. The van der Waals surface area contributed by atoms with Crippen LogP contribution in [0, 0.1) is 5.82 Å². The molecular formula is C14H12BrFN6O5S. The van der Waals surface area contributed by atoms with Crippen LogP contribution in [-0.2, 0) is 19.7 Å². The second-order valence-corrected chi connectivity index (χ2v) is 8.04. The Bertz CT molecular complexity index is 1080. The number of rotatable bonds is 7. The molecule has 14 heteroatoms. The zero-order valence-electron chi connectivity index (χ0n) is 13.9. The van der Waals surface area contributed by atoms with Crippen molar-refractivity contribution >= 4 is 49.2 Å². The molecule has 0 spiro atoms. The number of nitrogens with zero attached hydrogens (tertiary/aromatic N) is 4. The number of sulfonamides is 1. The topological polar surface area (TPSA) is 153 Å². The predicted molar refractivity (Wildman–Crippen MR) is 98.8 cm³/mol. The van der Waals surface area contributed by atoms with E-state index in [1.807, 2.05) is 0 Å². The summed E-state index contributed by atoms with van der Waals surface area (Å²) >= 11 is 3.07. The van der Waals surface area contributed by atoms with Gasteiger partial charge in [-0.25, -0.2) is 32.3 Å². The summed E-state index contributed by atoms with van der Waals surface area (Å²) in [6.07, 6.45) is 0.211. The van der Waals surface area contributed by atoms with E-state index in [1.54, 1.807) is 5.94 Å². The highest BCUT2D eigenvalue weighted by Gasteiger charge is 2.34. The molecule has 0 unspecified atom stereocenters. The number of benzene rings is 1. The van der Waals surface area contributed by atoms with Crippen molar-refractivity contribution in [2.75, 3.05) is 22.5 Å². The van der Waals surface area contributed by atoms with Crippen molar-refractivity contribution < 1.29 is 27.1 Å². The maximum atomic E-state index is 13.5. The van der Waals surface area contributed by atoms with E-state index in [2.05, 4.69) is 36.7 Å². The standard InChI is InChI=1S/C14H12BrFN6O5S/c15-9-6-8(2-3-10(9)16)22-11(7-23)26-21-14(22)12-13(20-27-19-12)18-4-1-5-28(17,24)25/h2-3,6H,1,4-5H2,(H,18,20)(H2,17,24,25). The molecular weight excluding hydrogens is 463 g/mol. The minimum absolute atomic E-state index is 0.0343. The van der Waals surface area contributed by atoms with Gasteiger partial charge in [0.25, 0.3) is 0 Å². The van der Waals surface area contributed by atoms with Crippen LogP contribution < -0.4 is 15.4 Å². The van der Waals surface area contributed by atoms with Crippen molar-refractivity contribution in [3.63, 3.8) is 0 Å². The van der Waals surface area contributed by atoms with E-state index in [0.717, 1.165) is 0 Å². The van der Waals surface area contributed by atoms with Crippen molar-refractivity contribution in [2.24, 2.45) is 10.3 Å². The third-order valence-electron chi connectivity index (χ3n) is 3.48. The Morgan fingerprint density at radius 1 is 1.36 bits per heavy atom. The van der Waals surface area contributed by atoms with Crippen LogP contribution in [0.25, 0.3) is 0 Å². The number of primary sulfonamides is 1. The van der Waals surface area contributed by atoms with Crippen LogP contribution in [0.2, 0.25) is 0 Å². The van der Waals surface area contributed by atoms with Gasteiger partial charge < -0.3 is 10.2 Å². The Kier molecular flexibility index (Phi) is 5.74. The Morgan fingerprint density at radius 2 is 2.14 bits per heavy atom. The van der Waals surface area contributed by atoms with Crippen LogP contribution in [0.3, 0.4) is 0 Å². The highest BCUT2D eigenvalue weighted by atomic mass is 79.9. The van der Waals surface area contributed by atoms with Crippen molar-refractivity contribution in [2.45, 2.75) is 6.42 Å². The molecule has 2 heterocycles. The second-order valence-electron chi connectivity index (χ2n) is 5.46. The number of oxime groups is 1. The van der Waals surface area contributed by atoms with Crippen LogP contribution >= 0.6 is 15.9 Å². The maximum Gasteiger partial charge on any atom is 0.320 e. The smallest absolute Gasteiger partial charge is 0.320 e. The van der Waals surface area contributed by atoms with Gasteiger partial charge in [-0.2, -0.15) is 0 Å². The first kappa shape index (κ1) is 19.9. The lowest BCUT2D eigenvalue weighted by Gasteiger charge is -2.16. The molecule has 1 aromatic heterocycles. The van der Waals surface area contributed by atoms with Crippen LogP contribution in [-0.4, -0.2) is 42.8 Å². The number of halogens is 2. The summed E-state index contributed by atoms with van der Waals surface area (Å²) in [5, 5.41) is 19.0. The fourth-order valence-corrected chi connectivity index (χ4v) is 3.19. The Morgan fingerprint density at radius 3 is 2.82 bits per heavy atom. The van der Waals surface area contributed by atoms with Crippen molar-refractivity contribution in [1.29, 1.82) is 0 Å². The zero-order valence-corrected chi connectivity index (χ0v) is 16.3. The van der Waals surface area contributed by atoms with E-state index in [9.17, 15) is 17.6 Å². The number of nitrogens with one attached hydrogen (secondary N) is 1. The first-order chi connectivity index (χ1) is 13.3. The Balaban J connectivity index is 1.85. The lowest BCUT2D eigenvalue weighted by Crippen LogP contribution is -2.28.